The predicted octanol–water partition coefficient (Wildman–Crippen LogP) is 2.13. The summed E-state index contributed by atoms with van der Waals surface area (Å²) in [5, 5.41) is 3.65. The standard InChI is InChI=1S/C21H28FN3O2/c1-24-12-15(11-19(24)26)21(27)25-13-17(14-6-5-7-16(22)10-14)20-18(25)8-3-2-4-9-23-20/h5-7,10,15,17-18,20,23H,2-4,8-9,11-13H2,1H3/t15?,17-,18+,20-/m0/s1. The van der Waals surface area contributed by atoms with E-state index in [-0.39, 0.29) is 41.6 Å². The van der Waals surface area contributed by atoms with Crippen LogP contribution in [0.1, 0.15) is 43.6 Å². The van der Waals surface area contributed by atoms with Crippen LogP contribution in [-0.4, -0.2) is 60.4 Å². The number of carbonyl (C=O) groups is 2. The van der Waals surface area contributed by atoms with Gasteiger partial charge in [0.15, 0.2) is 0 Å². The van der Waals surface area contributed by atoms with Gasteiger partial charge in [-0.2, -0.15) is 0 Å². The maximum absolute atomic E-state index is 13.8. The minimum absolute atomic E-state index is 0.0431. The zero-order valence-corrected chi connectivity index (χ0v) is 15.9. The fraction of sp³-hybridized carbons (Fsp3) is 0.619. The molecule has 5 nitrogen and oxygen atoms in total. The molecule has 27 heavy (non-hydrogen) atoms. The summed E-state index contributed by atoms with van der Waals surface area (Å²) < 4.78 is 13.8. The van der Waals surface area contributed by atoms with Gasteiger partial charge in [0, 0.05) is 44.6 Å². The van der Waals surface area contributed by atoms with Gasteiger partial charge in [-0.1, -0.05) is 25.0 Å². The first kappa shape index (κ1) is 18.4. The lowest BCUT2D eigenvalue weighted by atomic mass is 9.88. The lowest BCUT2D eigenvalue weighted by Gasteiger charge is -2.32. The number of halogens is 1. The molecular formula is C21H28FN3O2. The van der Waals surface area contributed by atoms with Gasteiger partial charge in [-0.3, -0.25) is 9.59 Å². The zero-order valence-electron chi connectivity index (χ0n) is 15.9. The smallest absolute Gasteiger partial charge is 0.228 e. The molecule has 0 saturated carbocycles. The van der Waals surface area contributed by atoms with Crippen LogP contribution in [0.4, 0.5) is 4.39 Å². The molecule has 1 aromatic rings. The molecule has 1 unspecified atom stereocenters. The van der Waals surface area contributed by atoms with Crippen molar-refractivity contribution >= 4 is 11.8 Å². The van der Waals surface area contributed by atoms with E-state index in [9.17, 15) is 14.0 Å². The number of likely N-dealkylation sites (tertiary alicyclic amines) is 2. The lowest BCUT2D eigenvalue weighted by Crippen LogP contribution is -2.48. The van der Waals surface area contributed by atoms with Crippen LogP contribution in [-0.2, 0) is 9.59 Å². The van der Waals surface area contributed by atoms with Crippen molar-refractivity contribution < 1.29 is 14.0 Å². The molecule has 0 aliphatic carbocycles. The highest BCUT2D eigenvalue weighted by Crippen LogP contribution is 2.37. The first-order valence-corrected chi connectivity index (χ1v) is 10.1. The van der Waals surface area contributed by atoms with Crippen LogP contribution in [0.5, 0.6) is 0 Å². The van der Waals surface area contributed by atoms with E-state index in [1.807, 2.05) is 11.0 Å². The summed E-state index contributed by atoms with van der Waals surface area (Å²) in [6, 6.07) is 7.04. The van der Waals surface area contributed by atoms with Crippen LogP contribution in [0.2, 0.25) is 0 Å². The van der Waals surface area contributed by atoms with Crippen molar-refractivity contribution in [2.45, 2.75) is 50.1 Å². The molecule has 3 heterocycles. The molecule has 3 aliphatic heterocycles. The molecule has 0 aromatic heterocycles. The van der Waals surface area contributed by atoms with E-state index in [4.69, 9.17) is 0 Å². The van der Waals surface area contributed by atoms with Crippen molar-refractivity contribution in [3.63, 3.8) is 0 Å². The molecule has 4 rings (SSSR count). The quantitative estimate of drug-likeness (QED) is 0.864. The largest absolute Gasteiger partial charge is 0.345 e. The average Bonchev–Trinajstić information content (AvgIpc) is 3.14. The number of fused-ring (bicyclic) bond motifs is 1. The summed E-state index contributed by atoms with van der Waals surface area (Å²) in [7, 11) is 1.76. The van der Waals surface area contributed by atoms with Gasteiger partial charge in [-0.25, -0.2) is 4.39 Å². The molecule has 0 bridgehead atoms. The van der Waals surface area contributed by atoms with E-state index in [1.54, 1.807) is 24.1 Å². The van der Waals surface area contributed by atoms with E-state index in [1.165, 1.54) is 6.07 Å². The van der Waals surface area contributed by atoms with Gasteiger partial charge >= 0.3 is 0 Å². The second kappa shape index (κ2) is 7.58. The molecule has 4 atom stereocenters. The summed E-state index contributed by atoms with van der Waals surface area (Å²) in [6.07, 6.45) is 4.67. The van der Waals surface area contributed by atoms with Crippen molar-refractivity contribution in [3.05, 3.63) is 35.6 Å². The Morgan fingerprint density at radius 1 is 1.22 bits per heavy atom. The van der Waals surface area contributed by atoms with Gasteiger partial charge in [-0.05, 0) is 37.1 Å². The Balaban J connectivity index is 1.61. The molecule has 146 valence electrons. The van der Waals surface area contributed by atoms with Crippen LogP contribution in [0.25, 0.3) is 0 Å². The molecule has 2 amide bonds. The predicted molar refractivity (Wildman–Crippen MR) is 101 cm³/mol. The van der Waals surface area contributed by atoms with Crippen molar-refractivity contribution in [1.29, 1.82) is 0 Å². The summed E-state index contributed by atoms with van der Waals surface area (Å²) in [6.45, 7) is 2.03. The Morgan fingerprint density at radius 3 is 2.81 bits per heavy atom. The molecule has 0 spiro atoms. The third-order valence-corrected chi connectivity index (χ3v) is 6.45. The first-order chi connectivity index (χ1) is 13.0. The molecule has 3 fully saturated rings. The third-order valence-electron chi connectivity index (χ3n) is 6.45. The number of amides is 2. The average molecular weight is 373 g/mol. The number of rotatable bonds is 2. The lowest BCUT2D eigenvalue weighted by molar-refractivity contribution is -0.137. The number of benzene rings is 1. The molecule has 3 saturated heterocycles. The molecule has 6 heteroatoms. The molecule has 1 N–H and O–H groups in total. The number of carbonyl (C=O) groups excluding carboxylic acids is 2. The zero-order chi connectivity index (χ0) is 19.0. The number of hydrogen-bond acceptors (Lipinski definition) is 3. The monoisotopic (exact) mass is 373 g/mol. The fourth-order valence-electron chi connectivity index (χ4n) is 5.03. The van der Waals surface area contributed by atoms with Crippen LogP contribution in [0, 0.1) is 11.7 Å². The van der Waals surface area contributed by atoms with Gasteiger partial charge in [0.1, 0.15) is 5.82 Å². The van der Waals surface area contributed by atoms with Gasteiger partial charge in [-0.15, -0.1) is 0 Å². The van der Waals surface area contributed by atoms with Crippen LogP contribution < -0.4 is 5.32 Å². The Labute approximate surface area is 159 Å². The number of nitrogens with zero attached hydrogens (tertiary/aromatic N) is 2. The van der Waals surface area contributed by atoms with Gasteiger partial charge in [0.25, 0.3) is 0 Å². The van der Waals surface area contributed by atoms with Gasteiger partial charge < -0.3 is 15.1 Å². The summed E-state index contributed by atoms with van der Waals surface area (Å²) >= 11 is 0. The summed E-state index contributed by atoms with van der Waals surface area (Å²) in [5.74, 6) is -0.268. The van der Waals surface area contributed by atoms with E-state index in [2.05, 4.69) is 5.32 Å². The molecule has 1 aromatic carbocycles. The number of nitrogens with one attached hydrogen (secondary N) is 1. The Hall–Kier alpha value is -1.95. The maximum Gasteiger partial charge on any atom is 0.228 e. The number of hydrogen-bond donors (Lipinski definition) is 1. The minimum atomic E-state index is -0.250. The van der Waals surface area contributed by atoms with E-state index < -0.39 is 0 Å². The second-order valence-corrected chi connectivity index (χ2v) is 8.22. The van der Waals surface area contributed by atoms with E-state index in [0.717, 1.165) is 37.8 Å². The van der Waals surface area contributed by atoms with Crippen molar-refractivity contribution in [2.24, 2.45) is 5.92 Å². The summed E-state index contributed by atoms with van der Waals surface area (Å²) in [4.78, 5) is 28.8. The maximum atomic E-state index is 13.8. The molecular weight excluding hydrogens is 345 g/mol. The third kappa shape index (κ3) is 3.59. The van der Waals surface area contributed by atoms with Crippen LogP contribution >= 0.6 is 0 Å². The van der Waals surface area contributed by atoms with Gasteiger partial charge in [0.05, 0.1) is 5.92 Å². The highest BCUT2D eigenvalue weighted by molar-refractivity contribution is 5.89. The molecule has 3 aliphatic rings. The summed E-state index contributed by atoms with van der Waals surface area (Å²) in [5.41, 5.74) is 0.952. The van der Waals surface area contributed by atoms with Crippen molar-refractivity contribution in [1.82, 2.24) is 15.1 Å². The highest BCUT2D eigenvalue weighted by Gasteiger charge is 2.47. The Kier molecular flexibility index (Phi) is 5.17. The van der Waals surface area contributed by atoms with Crippen molar-refractivity contribution in [3.8, 4) is 0 Å². The topological polar surface area (TPSA) is 52.7 Å². The Morgan fingerprint density at radius 2 is 2.07 bits per heavy atom. The normalized spacial score (nSPS) is 31.6. The Bertz CT molecular complexity index is 725. The molecule has 0 radical (unpaired) electrons. The van der Waals surface area contributed by atoms with Crippen molar-refractivity contribution in [2.75, 3.05) is 26.7 Å². The first-order valence-electron chi connectivity index (χ1n) is 10.1. The highest BCUT2D eigenvalue weighted by atomic mass is 19.1. The van der Waals surface area contributed by atoms with Crippen LogP contribution in [0.3, 0.4) is 0 Å². The second-order valence-electron chi connectivity index (χ2n) is 8.22. The van der Waals surface area contributed by atoms with Crippen LogP contribution in [0.15, 0.2) is 24.3 Å². The fourth-order valence-corrected chi connectivity index (χ4v) is 5.03. The van der Waals surface area contributed by atoms with Gasteiger partial charge in [0.2, 0.25) is 11.8 Å². The minimum Gasteiger partial charge on any atom is -0.345 e. The van der Waals surface area contributed by atoms with E-state index >= 15 is 0 Å². The SMILES string of the molecule is CN1CC(C(=O)N2C[C@@H](c3cccc(F)c3)[C@@H]3NCCCCC[C@H]32)CC1=O. The van der Waals surface area contributed by atoms with E-state index in [0.29, 0.717) is 19.5 Å².